The Labute approximate surface area is 125 Å². The standard InChI is InChI=1S/C15H26N2O4/c1-2-21-10-8-14(5-3-6-14)13(19)17-9-4-7-15(20,11-17)12(16)18/h20H,2-11H2,1H3,(H2,16,18). The topological polar surface area (TPSA) is 92.9 Å². The number of carbonyl (C=O) groups excluding carboxylic acids is 2. The van der Waals surface area contributed by atoms with Crippen molar-refractivity contribution in [1.29, 1.82) is 0 Å². The van der Waals surface area contributed by atoms with Gasteiger partial charge in [-0.05, 0) is 39.0 Å². The Hall–Kier alpha value is -1.14. The van der Waals surface area contributed by atoms with Gasteiger partial charge in [0.25, 0.3) is 5.91 Å². The molecule has 2 aliphatic rings. The molecule has 1 saturated heterocycles. The van der Waals surface area contributed by atoms with Gasteiger partial charge in [0.2, 0.25) is 5.91 Å². The molecule has 21 heavy (non-hydrogen) atoms. The van der Waals surface area contributed by atoms with Crippen molar-refractivity contribution in [3.63, 3.8) is 0 Å². The first-order valence-electron chi connectivity index (χ1n) is 7.83. The van der Waals surface area contributed by atoms with Crippen molar-refractivity contribution in [3.8, 4) is 0 Å². The predicted octanol–water partition coefficient (Wildman–Crippen LogP) is 0.422. The van der Waals surface area contributed by atoms with Crippen molar-refractivity contribution in [3.05, 3.63) is 0 Å². The van der Waals surface area contributed by atoms with Crippen LogP contribution in [0.15, 0.2) is 0 Å². The van der Waals surface area contributed by atoms with Gasteiger partial charge in [-0.15, -0.1) is 0 Å². The van der Waals surface area contributed by atoms with Gasteiger partial charge in [0.05, 0.1) is 12.0 Å². The summed E-state index contributed by atoms with van der Waals surface area (Å²) < 4.78 is 5.39. The Morgan fingerprint density at radius 3 is 2.52 bits per heavy atom. The van der Waals surface area contributed by atoms with E-state index < -0.39 is 11.5 Å². The van der Waals surface area contributed by atoms with Gasteiger partial charge in [0.15, 0.2) is 5.60 Å². The Bertz CT molecular complexity index is 408. The Morgan fingerprint density at radius 2 is 2.00 bits per heavy atom. The summed E-state index contributed by atoms with van der Waals surface area (Å²) >= 11 is 0. The average Bonchev–Trinajstić information content (AvgIpc) is 2.41. The maximum Gasteiger partial charge on any atom is 0.251 e. The molecular formula is C15H26N2O4. The normalized spacial score (nSPS) is 28.0. The number of ether oxygens (including phenoxy) is 1. The fourth-order valence-corrected chi connectivity index (χ4v) is 3.33. The Morgan fingerprint density at radius 1 is 1.29 bits per heavy atom. The molecule has 0 spiro atoms. The Balaban J connectivity index is 2.02. The third-order valence-corrected chi connectivity index (χ3v) is 4.91. The van der Waals surface area contributed by atoms with Crippen molar-refractivity contribution < 1.29 is 19.4 Å². The zero-order chi connectivity index (χ0) is 15.5. The molecule has 120 valence electrons. The van der Waals surface area contributed by atoms with Crippen LogP contribution in [0.3, 0.4) is 0 Å². The second-order valence-corrected chi connectivity index (χ2v) is 6.31. The monoisotopic (exact) mass is 298 g/mol. The third-order valence-electron chi connectivity index (χ3n) is 4.91. The molecule has 1 aliphatic heterocycles. The molecule has 1 atom stereocenters. The molecule has 2 rings (SSSR count). The maximum absolute atomic E-state index is 12.8. The van der Waals surface area contributed by atoms with Crippen LogP contribution in [0.1, 0.15) is 45.4 Å². The van der Waals surface area contributed by atoms with E-state index in [2.05, 4.69) is 0 Å². The number of amides is 2. The second kappa shape index (κ2) is 6.32. The van der Waals surface area contributed by atoms with Crippen LogP contribution in [0.25, 0.3) is 0 Å². The smallest absolute Gasteiger partial charge is 0.251 e. The molecule has 3 N–H and O–H groups in total. The van der Waals surface area contributed by atoms with E-state index in [1.807, 2.05) is 6.92 Å². The third kappa shape index (κ3) is 3.21. The van der Waals surface area contributed by atoms with E-state index in [-0.39, 0.29) is 17.9 Å². The first kappa shape index (κ1) is 16.2. The van der Waals surface area contributed by atoms with Crippen LogP contribution in [0.2, 0.25) is 0 Å². The van der Waals surface area contributed by atoms with Gasteiger partial charge in [-0.1, -0.05) is 6.42 Å². The number of primary amides is 1. The number of nitrogens with two attached hydrogens (primary N) is 1. The lowest BCUT2D eigenvalue weighted by Gasteiger charge is -2.46. The fourth-order valence-electron chi connectivity index (χ4n) is 3.33. The average molecular weight is 298 g/mol. The van der Waals surface area contributed by atoms with Gasteiger partial charge in [-0.25, -0.2) is 0 Å². The number of nitrogens with zero attached hydrogens (tertiary/aromatic N) is 1. The summed E-state index contributed by atoms with van der Waals surface area (Å²) in [6, 6.07) is 0. The van der Waals surface area contributed by atoms with Crippen LogP contribution in [0, 0.1) is 5.41 Å². The van der Waals surface area contributed by atoms with Gasteiger partial charge in [-0.2, -0.15) is 0 Å². The largest absolute Gasteiger partial charge is 0.382 e. The van der Waals surface area contributed by atoms with Crippen molar-refractivity contribution in [1.82, 2.24) is 4.90 Å². The SMILES string of the molecule is CCOCCC1(C(=O)N2CCCC(O)(C(N)=O)C2)CCC1. The molecule has 0 aromatic rings. The highest BCUT2D eigenvalue weighted by atomic mass is 16.5. The summed E-state index contributed by atoms with van der Waals surface area (Å²) in [4.78, 5) is 25.8. The number of aliphatic hydroxyl groups is 1. The zero-order valence-corrected chi connectivity index (χ0v) is 12.8. The zero-order valence-electron chi connectivity index (χ0n) is 12.8. The van der Waals surface area contributed by atoms with Crippen LogP contribution in [-0.4, -0.2) is 53.7 Å². The summed E-state index contributed by atoms with van der Waals surface area (Å²) in [5.74, 6) is -0.690. The lowest BCUT2D eigenvalue weighted by molar-refractivity contribution is -0.160. The summed E-state index contributed by atoms with van der Waals surface area (Å²) in [7, 11) is 0. The summed E-state index contributed by atoms with van der Waals surface area (Å²) in [5, 5.41) is 10.2. The number of rotatable bonds is 6. The minimum absolute atomic E-state index is 0.0253. The quantitative estimate of drug-likeness (QED) is 0.695. The molecule has 1 aliphatic carbocycles. The van der Waals surface area contributed by atoms with E-state index in [0.29, 0.717) is 39.0 Å². The lowest BCUT2D eigenvalue weighted by Crippen LogP contribution is -2.60. The van der Waals surface area contributed by atoms with Gasteiger partial charge in [-0.3, -0.25) is 9.59 Å². The first-order valence-corrected chi connectivity index (χ1v) is 7.83. The van der Waals surface area contributed by atoms with E-state index in [0.717, 1.165) is 19.3 Å². The maximum atomic E-state index is 12.8. The van der Waals surface area contributed by atoms with Crippen LogP contribution in [0.4, 0.5) is 0 Å². The molecule has 1 heterocycles. The van der Waals surface area contributed by atoms with Crippen molar-refractivity contribution >= 4 is 11.8 Å². The van der Waals surface area contributed by atoms with E-state index in [4.69, 9.17) is 10.5 Å². The van der Waals surface area contributed by atoms with Gasteiger partial charge in [0, 0.05) is 19.8 Å². The van der Waals surface area contributed by atoms with Gasteiger partial charge in [0.1, 0.15) is 0 Å². The number of likely N-dealkylation sites (tertiary alicyclic amines) is 1. The first-order chi connectivity index (χ1) is 9.93. The molecule has 2 fully saturated rings. The summed E-state index contributed by atoms with van der Waals surface area (Å²) in [6.07, 6.45) is 4.43. The van der Waals surface area contributed by atoms with Gasteiger partial charge >= 0.3 is 0 Å². The van der Waals surface area contributed by atoms with E-state index >= 15 is 0 Å². The fraction of sp³-hybridized carbons (Fsp3) is 0.867. The summed E-state index contributed by atoms with van der Waals surface area (Å²) in [6.45, 7) is 3.78. The predicted molar refractivity (Wildman–Crippen MR) is 77.4 cm³/mol. The van der Waals surface area contributed by atoms with E-state index in [1.54, 1.807) is 4.90 Å². The molecule has 0 aromatic heterocycles. The highest BCUT2D eigenvalue weighted by Gasteiger charge is 2.49. The van der Waals surface area contributed by atoms with Crippen LogP contribution in [-0.2, 0) is 14.3 Å². The number of carbonyl (C=O) groups is 2. The molecule has 6 nitrogen and oxygen atoms in total. The molecule has 0 bridgehead atoms. The minimum Gasteiger partial charge on any atom is -0.382 e. The number of piperidine rings is 1. The van der Waals surface area contributed by atoms with Crippen molar-refractivity contribution in [2.75, 3.05) is 26.3 Å². The van der Waals surface area contributed by atoms with Crippen molar-refractivity contribution in [2.24, 2.45) is 11.1 Å². The lowest BCUT2D eigenvalue weighted by atomic mass is 9.65. The second-order valence-electron chi connectivity index (χ2n) is 6.31. The number of hydrogen-bond donors (Lipinski definition) is 2. The van der Waals surface area contributed by atoms with Gasteiger partial charge < -0.3 is 20.5 Å². The Kier molecular flexibility index (Phi) is 4.88. The number of β-amino-alcohol motifs (C(OH)–C–C–N with tert-alkyl or cyclic N) is 1. The highest BCUT2D eigenvalue weighted by Crippen LogP contribution is 2.46. The number of hydrogen-bond acceptors (Lipinski definition) is 4. The molecule has 0 radical (unpaired) electrons. The molecule has 1 saturated carbocycles. The van der Waals surface area contributed by atoms with Crippen LogP contribution < -0.4 is 5.73 Å². The van der Waals surface area contributed by atoms with E-state index in [1.165, 1.54) is 0 Å². The molecule has 0 aromatic carbocycles. The summed E-state index contributed by atoms with van der Waals surface area (Å²) in [5.41, 5.74) is 3.34. The molecule has 2 amide bonds. The van der Waals surface area contributed by atoms with Crippen LogP contribution in [0.5, 0.6) is 0 Å². The minimum atomic E-state index is -1.57. The molecular weight excluding hydrogens is 272 g/mol. The van der Waals surface area contributed by atoms with Crippen molar-refractivity contribution in [2.45, 2.75) is 51.0 Å². The van der Waals surface area contributed by atoms with E-state index in [9.17, 15) is 14.7 Å². The molecule has 1 unspecified atom stereocenters. The highest BCUT2D eigenvalue weighted by molar-refractivity contribution is 5.87. The van der Waals surface area contributed by atoms with Crippen LogP contribution >= 0.6 is 0 Å². The molecule has 6 heteroatoms.